The molecule has 0 saturated heterocycles. The van der Waals surface area contributed by atoms with E-state index in [1.165, 1.54) is 32.4 Å². The Morgan fingerprint density at radius 2 is 2.12 bits per heavy atom. The molecule has 0 spiro atoms. The van der Waals surface area contributed by atoms with Gasteiger partial charge in [-0.25, -0.2) is 9.18 Å². The highest BCUT2D eigenvalue weighted by Crippen LogP contribution is 2.29. The standard InChI is InChI=1S/C11H10BrFO3/c1-15-9(14)6-4-7-3-5-8(12)10(13)11(7)16-2/h3-6H,1-2H3/b6-4+. The Kier molecular flexibility index (Phi) is 4.49. The topological polar surface area (TPSA) is 35.5 Å². The highest BCUT2D eigenvalue weighted by molar-refractivity contribution is 9.10. The minimum absolute atomic E-state index is 0.0783. The van der Waals surface area contributed by atoms with Crippen LogP contribution in [0.2, 0.25) is 0 Å². The van der Waals surface area contributed by atoms with Crippen molar-refractivity contribution in [2.45, 2.75) is 0 Å². The molecule has 0 atom stereocenters. The third kappa shape index (κ3) is 2.82. The zero-order chi connectivity index (χ0) is 12.1. The third-order valence-electron chi connectivity index (χ3n) is 1.88. The van der Waals surface area contributed by atoms with Crippen LogP contribution in [0.4, 0.5) is 4.39 Å². The smallest absolute Gasteiger partial charge is 0.330 e. The van der Waals surface area contributed by atoms with Gasteiger partial charge in [0.15, 0.2) is 11.6 Å². The van der Waals surface area contributed by atoms with E-state index in [9.17, 15) is 9.18 Å². The van der Waals surface area contributed by atoms with Gasteiger partial charge in [0, 0.05) is 11.6 Å². The van der Waals surface area contributed by atoms with Gasteiger partial charge in [0.1, 0.15) is 0 Å². The van der Waals surface area contributed by atoms with Crippen LogP contribution in [-0.2, 0) is 9.53 Å². The van der Waals surface area contributed by atoms with Gasteiger partial charge in [-0.05, 0) is 34.1 Å². The molecular weight excluding hydrogens is 279 g/mol. The van der Waals surface area contributed by atoms with E-state index in [1.807, 2.05) is 0 Å². The molecule has 0 aliphatic heterocycles. The van der Waals surface area contributed by atoms with Crippen molar-refractivity contribution in [2.24, 2.45) is 0 Å². The summed E-state index contributed by atoms with van der Waals surface area (Å²) in [6.45, 7) is 0. The predicted molar refractivity (Wildman–Crippen MR) is 61.7 cm³/mol. The molecule has 0 N–H and O–H groups in total. The van der Waals surface area contributed by atoms with Crippen LogP contribution >= 0.6 is 15.9 Å². The molecule has 0 amide bonds. The van der Waals surface area contributed by atoms with Crippen molar-refractivity contribution in [2.75, 3.05) is 14.2 Å². The molecule has 0 bridgehead atoms. The first kappa shape index (κ1) is 12.7. The molecule has 3 nitrogen and oxygen atoms in total. The molecule has 0 fully saturated rings. The average molecular weight is 289 g/mol. The zero-order valence-electron chi connectivity index (χ0n) is 8.79. The Labute approximate surface area is 101 Å². The second-order valence-corrected chi connectivity index (χ2v) is 3.69. The van der Waals surface area contributed by atoms with Gasteiger partial charge in [-0.1, -0.05) is 0 Å². The summed E-state index contributed by atoms with van der Waals surface area (Å²) in [5.41, 5.74) is 0.466. The number of rotatable bonds is 3. The largest absolute Gasteiger partial charge is 0.493 e. The first-order chi connectivity index (χ1) is 7.60. The van der Waals surface area contributed by atoms with Crippen LogP contribution in [0.3, 0.4) is 0 Å². The van der Waals surface area contributed by atoms with Gasteiger partial charge in [0.2, 0.25) is 0 Å². The summed E-state index contributed by atoms with van der Waals surface area (Å²) in [6.07, 6.45) is 2.63. The number of hydrogen-bond acceptors (Lipinski definition) is 3. The van der Waals surface area contributed by atoms with E-state index in [2.05, 4.69) is 20.7 Å². The van der Waals surface area contributed by atoms with Gasteiger partial charge in [-0.15, -0.1) is 0 Å². The fourth-order valence-electron chi connectivity index (χ4n) is 1.11. The fraction of sp³-hybridized carbons (Fsp3) is 0.182. The lowest BCUT2D eigenvalue weighted by molar-refractivity contribution is -0.134. The summed E-state index contributed by atoms with van der Waals surface area (Å²) in [4.78, 5) is 10.9. The number of ether oxygens (including phenoxy) is 2. The molecule has 0 aliphatic rings. The van der Waals surface area contributed by atoms with Crippen LogP contribution in [0.25, 0.3) is 6.08 Å². The van der Waals surface area contributed by atoms with Crippen LogP contribution in [0.1, 0.15) is 5.56 Å². The Balaban J connectivity index is 3.10. The highest BCUT2D eigenvalue weighted by atomic mass is 79.9. The quantitative estimate of drug-likeness (QED) is 0.634. The van der Waals surface area contributed by atoms with Crippen LogP contribution in [0.15, 0.2) is 22.7 Å². The molecule has 1 rings (SSSR count). The summed E-state index contributed by atoms with van der Waals surface area (Å²) in [5.74, 6) is -0.936. The zero-order valence-corrected chi connectivity index (χ0v) is 10.4. The minimum atomic E-state index is -0.509. The normalized spacial score (nSPS) is 10.5. The van der Waals surface area contributed by atoms with Gasteiger partial charge in [-0.3, -0.25) is 0 Å². The number of hydrogen-bond donors (Lipinski definition) is 0. The van der Waals surface area contributed by atoms with Crippen molar-refractivity contribution in [1.29, 1.82) is 0 Å². The average Bonchev–Trinajstić information content (AvgIpc) is 2.30. The molecule has 0 unspecified atom stereocenters. The Bertz CT molecular complexity index is 429. The maximum absolute atomic E-state index is 13.5. The molecular formula is C11H10BrFO3. The van der Waals surface area contributed by atoms with Crippen LogP contribution in [-0.4, -0.2) is 20.2 Å². The predicted octanol–water partition coefficient (Wildman–Crippen LogP) is 2.78. The Hall–Kier alpha value is -1.36. The lowest BCUT2D eigenvalue weighted by Gasteiger charge is -2.07. The van der Waals surface area contributed by atoms with Crippen LogP contribution < -0.4 is 4.74 Å². The summed E-state index contributed by atoms with van der Waals surface area (Å²) in [6, 6.07) is 3.17. The number of carbonyl (C=O) groups excluding carboxylic acids is 1. The van der Waals surface area contributed by atoms with E-state index in [0.717, 1.165) is 0 Å². The number of benzene rings is 1. The molecule has 0 aromatic heterocycles. The number of carbonyl (C=O) groups is 1. The molecule has 1 aromatic rings. The highest BCUT2D eigenvalue weighted by Gasteiger charge is 2.10. The van der Waals surface area contributed by atoms with E-state index in [1.54, 1.807) is 6.07 Å². The summed E-state index contributed by atoms with van der Waals surface area (Å²) in [5, 5.41) is 0. The maximum atomic E-state index is 13.5. The van der Waals surface area contributed by atoms with E-state index >= 15 is 0 Å². The van der Waals surface area contributed by atoms with Gasteiger partial charge in [0.25, 0.3) is 0 Å². The molecule has 0 aliphatic carbocycles. The van der Waals surface area contributed by atoms with Crippen molar-refractivity contribution in [3.05, 3.63) is 34.1 Å². The summed E-state index contributed by atoms with van der Waals surface area (Å²) < 4.78 is 23.2. The second-order valence-electron chi connectivity index (χ2n) is 2.84. The van der Waals surface area contributed by atoms with Crippen molar-refractivity contribution in [1.82, 2.24) is 0 Å². The van der Waals surface area contributed by atoms with Crippen molar-refractivity contribution in [3.63, 3.8) is 0 Å². The molecule has 0 heterocycles. The molecule has 0 radical (unpaired) electrons. The van der Waals surface area contributed by atoms with Crippen LogP contribution in [0, 0.1) is 5.82 Å². The second kappa shape index (κ2) is 5.65. The Morgan fingerprint density at radius 1 is 1.44 bits per heavy atom. The minimum Gasteiger partial charge on any atom is -0.493 e. The lowest BCUT2D eigenvalue weighted by atomic mass is 10.2. The van der Waals surface area contributed by atoms with Crippen molar-refractivity contribution < 1.29 is 18.7 Å². The van der Waals surface area contributed by atoms with E-state index in [0.29, 0.717) is 10.0 Å². The third-order valence-corrected chi connectivity index (χ3v) is 2.50. The molecule has 86 valence electrons. The molecule has 0 saturated carbocycles. The van der Waals surface area contributed by atoms with Crippen LogP contribution in [0.5, 0.6) is 5.75 Å². The van der Waals surface area contributed by atoms with Gasteiger partial charge in [-0.2, -0.15) is 0 Å². The van der Waals surface area contributed by atoms with E-state index in [4.69, 9.17) is 4.74 Å². The molecule has 1 aromatic carbocycles. The van der Waals surface area contributed by atoms with Gasteiger partial charge < -0.3 is 9.47 Å². The van der Waals surface area contributed by atoms with Gasteiger partial charge >= 0.3 is 5.97 Å². The Morgan fingerprint density at radius 3 is 2.69 bits per heavy atom. The summed E-state index contributed by atoms with van der Waals surface area (Å²) >= 11 is 3.04. The lowest BCUT2D eigenvalue weighted by Crippen LogP contribution is -1.95. The van der Waals surface area contributed by atoms with Crippen molar-refractivity contribution >= 4 is 28.0 Å². The van der Waals surface area contributed by atoms with Crippen molar-refractivity contribution in [3.8, 4) is 5.75 Å². The number of methoxy groups -OCH3 is 2. The van der Waals surface area contributed by atoms with E-state index in [-0.39, 0.29) is 5.75 Å². The van der Waals surface area contributed by atoms with E-state index < -0.39 is 11.8 Å². The van der Waals surface area contributed by atoms with Gasteiger partial charge in [0.05, 0.1) is 18.7 Å². The number of esters is 1. The monoisotopic (exact) mass is 288 g/mol. The first-order valence-corrected chi connectivity index (χ1v) is 5.17. The fourth-order valence-corrected chi connectivity index (χ4v) is 1.42. The first-order valence-electron chi connectivity index (χ1n) is 4.38. The summed E-state index contributed by atoms with van der Waals surface area (Å²) in [7, 11) is 2.63. The number of halogens is 2. The SMILES string of the molecule is COC(=O)/C=C/c1ccc(Br)c(F)c1OC. The molecule has 16 heavy (non-hydrogen) atoms. The molecule has 5 heteroatoms. The maximum Gasteiger partial charge on any atom is 0.330 e.